The molecule has 37 heavy (non-hydrogen) atoms. The van der Waals surface area contributed by atoms with Gasteiger partial charge in [-0.25, -0.2) is 4.79 Å². The molecule has 0 aromatic heterocycles. The average molecular weight is 497 g/mol. The molecule has 0 aliphatic carbocycles. The Labute approximate surface area is 216 Å². The van der Waals surface area contributed by atoms with Crippen molar-refractivity contribution in [3.8, 4) is 23.3 Å². The average Bonchev–Trinajstić information content (AvgIpc) is 2.90. The van der Waals surface area contributed by atoms with Gasteiger partial charge in [0.1, 0.15) is 24.0 Å². The van der Waals surface area contributed by atoms with E-state index in [9.17, 15) is 14.9 Å². The first-order chi connectivity index (χ1) is 17.9. The molecule has 3 aromatic rings. The molecule has 3 aromatic carbocycles. The van der Waals surface area contributed by atoms with Crippen LogP contribution in [-0.2, 0) is 16.2 Å². The Hall–Kier alpha value is -4.83. The summed E-state index contributed by atoms with van der Waals surface area (Å²) in [5.74, 6) is 0.178. The van der Waals surface area contributed by atoms with Crippen molar-refractivity contribution in [2.75, 3.05) is 7.11 Å². The third-order valence-electron chi connectivity index (χ3n) is 5.03. The van der Waals surface area contributed by atoms with Crippen LogP contribution in [0.4, 0.5) is 0 Å². The van der Waals surface area contributed by atoms with Crippen LogP contribution < -0.4 is 19.5 Å². The molecule has 0 atom stereocenters. The molecule has 0 fully saturated rings. The monoisotopic (exact) mass is 496 g/mol. The fraction of sp³-hybridized carbons (Fsp3) is 0.167. The quantitative estimate of drug-likeness (QED) is 0.176. The zero-order valence-electron chi connectivity index (χ0n) is 20.9. The SMILES string of the molecule is COc1cc(C=C(C#N)C(=O)NC(C)C)ccc1OC(=O)C=Cc1ccc(OCc2ccccc2)cc1. The Morgan fingerprint density at radius 3 is 2.32 bits per heavy atom. The normalized spacial score (nSPS) is 11.2. The molecule has 0 heterocycles. The van der Waals surface area contributed by atoms with Gasteiger partial charge >= 0.3 is 5.97 Å². The number of methoxy groups -OCH3 is 1. The Morgan fingerprint density at radius 2 is 1.68 bits per heavy atom. The van der Waals surface area contributed by atoms with E-state index in [0.717, 1.165) is 16.9 Å². The summed E-state index contributed by atoms with van der Waals surface area (Å²) < 4.78 is 16.5. The Kier molecular flexibility index (Phi) is 9.63. The topological polar surface area (TPSA) is 97.6 Å². The fourth-order valence-corrected chi connectivity index (χ4v) is 3.24. The maximum Gasteiger partial charge on any atom is 0.336 e. The summed E-state index contributed by atoms with van der Waals surface area (Å²) in [5.41, 5.74) is 2.40. The number of nitrogens with one attached hydrogen (secondary N) is 1. The first kappa shape index (κ1) is 26.8. The van der Waals surface area contributed by atoms with Crippen molar-refractivity contribution >= 4 is 24.0 Å². The number of rotatable bonds is 10. The van der Waals surface area contributed by atoms with Crippen molar-refractivity contribution in [1.29, 1.82) is 5.26 Å². The highest BCUT2D eigenvalue weighted by molar-refractivity contribution is 6.01. The molecule has 0 saturated heterocycles. The van der Waals surface area contributed by atoms with Crippen molar-refractivity contribution in [2.24, 2.45) is 0 Å². The number of hydrogen-bond acceptors (Lipinski definition) is 6. The van der Waals surface area contributed by atoms with Gasteiger partial charge in [0.2, 0.25) is 0 Å². The molecular weight excluding hydrogens is 468 g/mol. The molecule has 0 aliphatic rings. The minimum atomic E-state index is -0.583. The standard InChI is InChI=1S/C30H28N2O5/c1-21(2)32-30(34)25(19-31)17-24-11-15-27(28(18-24)35-3)37-29(33)16-12-22-9-13-26(14-10-22)36-20-23-7-5-4-6-8-23/h4-18,21H,20H2,1-3H3,(H,32,34). The number of nitrogens with zero attached hydrogens (tertiary/aromatic N) is 1. The van der Waals surface area contributed by atoms with E-state index in [1.165, 1.54) is 19.3 Å². The summed E-state index contributed by atoms with van der Waals surface area (Å²) >= 11 is 0. The number of carbonyl (C=O) groups excluding carboxylic acids is 2. The van der Waals surface area contributed by atoms with E-state index < -0.39 is 11.9 Å². The fourth-order valence-electron chi connectivity index (χ4n) is 3.24. The zero-order chi connectivity index (χ0) is 26.6. The van der Waals surface area contributed by atoms with Gasteiger partial charge in [-0.3, -0.25) is 4.79 Å². The lowest BCUT2D eigenvalue weighted by Crippen LogP contribution is -2.30. The van der Waals surface area contributed by atoms with Crippen LogP contribution in [0.2, 0.25) is 0 Å². The summed E-state index contributed by atoms with van der Waals surface area (Å²) in [6.07, 6.45) is 4.40. The maximum atomic E-state index is 12.4. The van der Waals surface area contributed by atoms with E-state index in [1.807, 2.05) is 74.5 Å². The number of benzene rings is 3. The second-order valence-corrected chi connectivity index (χ2v) is 8.31. The van der Waals surface area contributed by atoms with E-state index >= 15 is 0 Å². The molecule has 7 nitrogen and oxygen atoms in total. The van der Waals surface area contributed by atoms with Crippen LogP contribution >= 0.6 is 0 Å². The zero-order valence-corrected chi connectivity index (χ0v) is 20.9. The van der Waals surface area contributed by atoms with Crippen molar-refractivity contribution in [3.05, 3.63) is 101 Å². The van der Waals surface area contributed by atoms with Crippen LogP contribution in [0.5, 0.6) is 17.2 Å². The Bertz CT molecular complexity index is 1320. The summed E-state index contributed by atoms with van der Waals surface area (Å²) in [6, 6.07) is 23.8. The lowest BCUT2D eigenvalue weighted by molar-refractivity contribution is -0.129. The highest BCUT2D eigenvalue weighted by Gasteiger charge is 2.12. The highest BCUT2D eigenvalue weighted by atomic mass is 16.6. The van der Waals surface area contributed by atoms with Crippen LogP contribution in [0.3, 0.4) is 0 Å². The summed E-state index contributed by atoms with van der Waals surface area (Å²) in [6.45, 7) is 4.09. The third-order valence-corrected chi connectivity index (χ3v) is 5.03. The second-order valence-electron chi connectivity index (χ2n) is 8.31. The van der Waals surface area contributed by atoms with Crippen LogP contribution in [0.1, 0.15) is 30.5 Å². The number of amides is 1. The summed E-state index contributed by atoms with van der Waals surface area (Å²) in [4.78, 5) is 24.5. The third kappa shape index (κ3) is 8.41. The van der Waals surface area contributed by atoms with Gasteiger partial charge < -0.3 is 19.5 Å². The number of nitriles is 1. The number of carbonyl (C=O) groups is 2. The lowest BCUT2D eigenvalue weighted by atomic mass is 10.1. The van der Waals surface area contributed by atoms with Gasteiger partial charge in [-0.1, -0.05) is 48.5 Å². The number of ether oxygens (including phenoxy) is 3. The largest absolute Gasteiger partial charge is 0.493 e. The minimum absolute atomic E-state index is 0.0417. The van der Waals surface area contributed by atoms with E-state index in [-0.39, 0.29) is 23.1 Å². The maximum absolute atomic E-state index is 12.4. The molecule has 0 bridgehead atoms. The van der Waals surface area contributed by atoms with Gasteiger partial charge in [0.05, 0.1) is 7.11 Å². The van der Waals surface area contributed by atoms with Gasteiger partial charge in [0.15, 0.2) is 11.5 Å². The van der Waals surface area contributed by atoms with Gasteiger partial charge in [0.25, 0.3) is 5.91 Å². The first-order valence-electron chi connectivity index (χ1n) is 11.7. The van der Waals surface area contributed by atoms with Crippen LogP contribution in [-0.4, -0.2) is 25.0 Å². The molecule has 0 aliphatic heterocycles. The molecule has 1 amide bonds. The van der Waals surface area contributed by atoms with Crippen molar-refractivity contribution in [1.82, 2.24) is 5.32 Å². The van der Waals surface area contributed by atoms with Gasteiger partial charge in [-0.2, -0.15) is 5.26 Å². The van der Waals surface area contributed by atoms with Crippen LogP contribution in [0.15, 0.2) is 84.4 Å². The van der Waals surface area contributed by atoms with E-state index in [1.54, 1.807) is 24.3 Å². The molecule has 188 valence electrons. The lowest BCUT2D eigenvalue weighted by Gasteiger charge is -2.10. The molecular formula is C30H28N2O5. The first-order valence-corrected chi connectivity index (χ1v) is 11.7. The Morgan fingerprint density at radius 1 is 0.973 bits per heavy atom. The van der Waals surface area contributed by atoms with Gasteiger partial charge in [0, 0.05) is 12.1 Å². The summed E-state index contributed by atoms with van der Waals surface area (Å²) in [7, 11) is 1.44. The molecule has 1 N–H and O–H groups in total. The van der Waals surface area contributed by atoms with Gasteiger partial charge in [-0.15, -0.1) is 0 Å². The van der Waals surface area contributed by atoms with Crippen LogP contribution in [0, 0.1) is 11.3 Å². The summed E-state index contributed by atoms with van der Waals surface area (Å²) in [5, 5.41) is 12.0. The molecule has 0 saturated carbocycles. The van der Waals surface area contributed by atoms with E-state index in [0.29, 0.717) is 12.2 Å². The Balaban J connectivity index is 1.61. The van der Waals surface area contributed by atoms with E-state index in [4.69, 9.17) is 14.2 Å². The predicted octanol–water partition coefficient (Wildman–Crippen LogP) is 5.32. The van der Waals surface area contributed by atoms with Crippen molar-refractivity contribution in [3.63, 3.8) is 0 Å². The molecule has 7 heteroatoms. The molecule has 0 radical (unpaired) electrons. The van der Waals surface area contributed by atoms with E-state index in [2.05, 4.69) is 5.32 Å². The number of hydrogen-bond donors (Lipinski definition) is 1. The van der Waals surface area contributed by atoms with Gasteiger partial charge in [-0.05, 0) is 67.0 Å². The molecule has 0 unspecified atom stereocenters. The van der Waals surface area contributed by atoms with Crippen molar-refractivity contribution < 1.29 is 23.8 Å². The molecule has 0 spiro atoms. The molecule has 3 rings (SSSR count). The second kappa shape index (κ2) is 13.3. The number of esters is 1. The van der Waals surface area contributed by atoms with Crippen LogP contribution in [0.25, 0.3) is 12.2 Å². The predicted molar refractivity (Wildman–Crippen MR) is 142 cm³/mol. The minimum Gasteiger partial charge on any atom is -0.493 e. The smallest absolute Gasteiger partial charge is 0.336 e. The highest BCUT2D eigenvalue weighted by Crippen LogP contribution is 2.29. The van der Waals surface area contributed by atoms with Crippen molar-refractivity contribution in [2.45, 2.75) is 26.5 Å².